The highest BCUT2D eigenvalue weighted by molar-refractivity contribution is 6.02. The molecule has 1 unspecified atom stereocenters. The molecule has 1 heterocycles. The van der Waals surface area contributed by atoms with Gasteiger partial charge in [-0.15, -0.1) is 0 Å². The van der Waals surface area contributed by atoms with Crippen molar-refractivity contribution in [3.8, 4) is 0 Å². The van der Waals surface area contributed by atoms with Gasteiger partial charge in [-0.05, 0) is 30.4 Å². The summed E-state index contributed by atoms with van der Waals surface area (Å²) in [5.41, 5.74) is 1.17. The molecule has 0 aromatic heterocycles. The van der Waals surface area contributed by atoms with Crippen LogP contribution in [0.4, 0.5) is 0 Å². The zero-order chi connectivity index (χ0) is 18.7. The van der Waals surface area contributed by atoms with Gasteiger partial charge in [-0.3, -0.25) is 9.59 Å². The van der Waals surface area contributed by atoms with Crippen molar-refractivity contribution in [3.63, 3.8) is 0 Å². The van der Waals surface area contributed by atoms with Crippen LogP contribution in [0.15, 0.2) is 24.3 Å². The molecule has 1 aliphatic carbocycles. The van der Waals surface area contributed by atoms with E-state index in [1.165, 1.54) is 0 Å². The Bertz CT molecular complexity index is 665. The van der Waals surface area contributed by atoms with Crippen LogP contribution in [0.5, 0.6) is 0 Å². The minimum atomic E-state index is -0.396. The van der Waals surface area contributed by atoms with Crippen molar-refractivity contribution < 1.29 is 14.3 Å². The van der Waals surface area contributed by atoms with E-state index in [0.717, 1.165) is 31.2 Å². The number of carbonyl (C=O) groups excluding carboxylic acids is 2. The molecule has 1 aromatic carbocycles. The van der Waals surface area contributed by atoms with E-state index >= 15 is 0 Å². The fourth-order valence-electron chi connectivity index (χ4n) is 4.68. The molecule has 5 nitrogen and oxygen atoms in total. The third-order valence-electron chi connectivity index (χ3n) is 5.71. The average molecular weight is 358 g/mol. The largest absolute Gasteiger partial charge is 0.383 e. The van der Waals surface area contributed by atoms with E-state index < -0.39 is 5.54 Å². The molecular weight excluding hydrogens is 328 g/mol. The number of hydrogen-bond donors (Lipinski definition) is 1. The fraction of sp³-hybridized carbons (Fsp3) is 0.619. The number of carbonyl (C=O) groups is 2. The Kier molecular flexibility index (Phi) is 5.66. The van der Waals surface area contributed by atoms with E-state index in [-0.39, 0.29) is 17.7 Å². The molecule has 1 atom stereocenters. The van der Waals surface area contributed by atoms with Crippen molar-refractivity contribution in [2.24, 2.45) is 5.92 Å². The molecule has 0 bridgehead atoms. The molecule has 26 heavy (non-hydrogen) atoms. The van der Waals surface area contributed by atoms with E-state index in [0.29, 0.717) is 31.2 Å². The van der Waals surface area contributed by atoms with Gasteiger partial charge in [-0.2, -0.15) is 0 Å². The molecule has 1 N–H and O–H groups in total. The second kappa shape index (κ2) is 7.78. The van der Waals surface area contributed by atoms with Crippen molar-refractivity contribution in [1.82, 2.24) is 10.2 Å². The summed E-state index contributed by atoms with van der Waals surface area (Å²) in [6.45, 7) is 5.92. The molecule has 142 valence electrons. The zero-order valence-corrected chi connectivity index (χ0v) is 16.1. The summed E-state index contributed by atoms with van der Waals surface area (Å²) in [5, 5.41) is 3.03. The Morgan fingerprint density at radius 2 is 2.00 bits per heavy atom. The molecule has 1 spiro atoms. The van der Waals surface area contributed by atoms with Crippen LogP contribution >= 0.6 is 0 Å². The minimum absolute atomic E-state index is 0.0117. The quantitative estimate of drug-likeness (QED) is 0.796. The zero-order valence-electron chi connectivity index (χ0n) is 16.1. The van der Waals surface area contributed by atoms with Gasteiger partial charge < -0.3 is 15.0 Å². The molecule has 3 rings (SSSR count). The van der Waals surface area contributed by atoms with Crippen molar-refractivity contribution in [1.29, 1.82) is 0 Å². The molecular formula is C21H30N2O3. The lowest BCUT2D eigenvalue weighted by atomic mass is 9.70. The summed E-state index contributed by atoms with van der Waals surface area (Å²) in [6.07, 6.45) is 3.90. The minimum Gasteiger partial charge on any atom is -0.383 e. The molecule has 0 saturated heterocycles. The number of fused-ring (bicyclic) bond motifs is 1. The first-order chi connectivity index (χ1) is 12.5. The third kappa shape index (κ3) is 3.25. The first kappa shape index (κ1) is 18.9. The van der Waals surface area contributed by atoms with Crippen molar-refractivity contribution in [2.75, 3.05) is 26.8 Å². The van der Waals surface area contributed by atoms with E-state index in [1.807, 2.05) is 29.2 Å². The third-order valence-corrected chi connectivity index (χ3v) is 5.71. The molecule has 2 aliphatic rings. The first-order valence-electron chi connectivity index (χ1n) is 9.69. The number of ether oxygens (including phenoxy) is 1. The van der Waals surface area contributed by atoms with E-state index in [9.17, 15) is 9.59 Å². The topological polar surface area (TPSA) is 58.6 Å². The number of nitrogens with zero attached hydrogens (tertiary/aromatic N) is 1. The number of methoxy groups -OCH3 is 1. The fourth-order valence-corrected chi connectivity index (χ4v) is 4.68. The maximum Gasteiger partial charge on any atom is 0.254 e. The Morgan fingerprint density at radius 3 is 2.65 bits per heavy atom. The monoisotopic (exact) mass is 358 g/mol. The Hall–Kier alpha value is -1.88. The Balaban J connectivity index is 2.06. The summed E-state index contributed by atoms with van der Waals surface area (Å²) in [4.78, 5) is 28.6. The first-order valence-corrected chi connectivity index (χ1v) is 9.69. The molecule has 1 fully saturated rings. The molecule has 5 heteroatoms. The van der Waals surface area contributed by atoms with Gasteiger partial charge in [0, 0.05) is 25.8 Å². The highest BCUT2D eigenvalue weighted by atomic mass is 16.5. The van der Waals surface area contributed by atoms with Crippen LogP contribution in [0.2, 0.25) is 0 Å². The molecule has 1 aromatic rings. The summed E-state index contributed by atoms with van der Waals surface area (Å²) in [7, 11) is 1.63. The van der Waals surface area contributed by atoms with Gasteiger partial charge in [0.25, 0.3) is 5.91 Å². The lowest BCUT2D eigenvalue weighted by Crippen LogP contribution is -2.61. The van der Waals surface area contributed by atoms with Crippen molar-refractivity contribution >= 4 is 11.8 Å². The maximum absolute atomic E-state index is 13.3. The number of benzene rings is 1. The second-order valence-corrected chi connectivity index (χ2v) is 7.92. The second-order valence-electron chi connectivity index (χ2n) is 7.92. The predicted octanol–water partition coefficient (Wildman–Crippen LogP) is 2.96. The number of amides is 2. The number of nitrogens with one attached hydrogen (secondary N) is 1. The van der Waals surface area contributed by atoms with Gasteiger partial charge in [0.1, 0.15) is 0 Å². The molecule has 1 aliphatic heterocycles. The van der Waals surface area contributed by atoms with Gasteiger partial charge in [-0.1, -0.05) is 44.9 Å². The van der Waals surface area contributed by atoms with E-state index in [1.54, 1.807) is 7.11 Å². The highest BCUT2D eigenvalue weighted by Gasteiger charge is 2.55. The summed E-state index contributed by atoms with van der Waals surface area (Å²) >= 11 is 0. The van der Waals surface area contributed by atoms with Crippen LogP contribution in [0.25, 0.3) is 0 Å². The van der Waals surface area contributed by atoms with Crippen LogP contribution in [0, 0.1) is 5.92 Å². The Morgan fingerprint density at radius 1 is 1.31 bits per heavy atom. The van der Waals surface area contributed by atoms with Crippen LogP contribution in [-0.2, 0) is 9.53 Å². The van der Waals surface area contributed by atoms with Gasteiger partial charge in [0.05, 0.1) is 18.1 Å². The normalized spacial score (nSPS) is 21.3. The number of rotatable bonds is 6. The summed E-state index contributed by atoms with van der Waals surface area (Å²) in [5.74, 6) is 0.142. The molecule has 2 amide bonds. The Labute approximate surface area is 156 Å². The van der Waals surface area contributed by atoms with E-state index in [2.05, 4.69) is 19.2 Å². The van der Waals surface area contributed by atoms with Crippen LogP contribution < -0.4 is 5.32 Å². The van der Waals surface area contributed by atoms with Crippen LogP contribution in [-0.4, -0.2) is 49.1 Å². The molecule has 0 radical (unpaired) electrons. The predicted molar refractivity (Wildman–Crippen MR) is 101 cm³/mol. The van der Waals surface area contributed by atoms with Gasteiger partial charge >= 0.3 is 0 Å². The summed E-state index contributed by atoms with van der Waals surface area (Å²) < 4.78 is 5.08. The SMILES string of the molecule is COCCNC(=O)C1c2ccccc2C(=O)N(CC(C)C)C12CCCC2. The van der Waals surface area contributed by atoms with Crippen LogP contribution in [0.3, 0.4) is 0 Å². The number of hydrogen-bond acceptors (Lipinski definition) is 3. The van der Waals surface area contributed by atoms with Gasteiger partial charge in [0.15, 0.2) is 0 Å². The maximum atomic E-state index is 13.3. The lowest BCUT2D eigenvalue weighted by Gasteiger charge is -2.50. The molecule has 1 saturated carbocycles. The van der Waals surface area contributed by atoms with Gasteiger partial charge in [0.2, 0.25) is 5.91 Å². The summed E-state index contributed by atoms with van der Waals surface area (Å²) in [6, 6.07) is 7.64. The lowest BCUT2D eigenvalue weighted by molar-refractivity contribution is -0.126. The van der Waals surface area contributed by atoms with Crippen molar-refractivity contribution in [3.05, 3.63) is 35.4 Å². The highest BCUT2D eigenvalue weighted by Crippen LogP contribution is 2.50. The average Bonchev–Trinajstić information content (AvgIpc) is 3.09. The standard InChI is InChI=1S/C21H30N2O3/c1-15(2)14-23-20(25)17-9-5-4-8-16(17)18(19(24)22-12-13-26-3)21(23)10-6-7-11-21/h4-5,8-9,15,18H,6-7,10-14H2,1-3H3,(H,22,24). The van der Waals surface area contributed by atoms with Crippen LogP contribution in [0.1, 0.15) is 61.4 Å². The van der Waals surface area contributed by atoms with E-state index in [4.69, 9.17) is 4.74 Å². The van der Waals surface area contributed by atoms with Gasteiger partial charge in [-0.25, -0.2) is 0 Å². The smallest absolute Gasteiger partial charge is 0.254 e. The van der Waals surface area contributed by atoms with Crippen molar-refractivity contribution in [2.45, 2.75) is 51.0 Å².